The third-order valence-electron chi connectivity index (χ3n) is 1.97. The summed E-state index contributed by atoms with van der Waals surface area (Å²) in [5.41, 5.74) is 0.352. The molecule has 4 nitrogen and oxygen atoms in total. The first-order valence-electron chi connectivity index (χ1n) is 4.81. The van der Waals surface area contributed by atoms with Crippen molar-refractivity contribution in [1.82, 2.24) is 5.32 Å². The second-order valence-corrected chi connectivity index (χ2v) is 3.21. The Morgan fingerprint density at radius 1 is 1.56 bits per heavy atom. The smallest absolute Gasteiger partial charge is 0.225 e. The summed E-state index contributed by atoms with van der Waals surface area (Å²) < 4.78 is 13.0. The third-order valence-corrected chi connectivity index (χ3v) is 1.97. The van der Waals surface area contributed by atoms with Crippen molar-refractivity contribution in [3.63, 3.8) is 0 Å². The molecule has 0 aliphatic carbocycles. The van der Waals surface area contributed by atoms with Crippen molar-refractivity contribution in [1.29, 1.82) is 5.26 Å². The Balaban J connectivity index is 2.68. The van der Waals surface area contributed by atoms with Crippen molar-refractivity contribution < 1.29 is 9.18 Å². The Kier molecular flexibility index (Phi) is 4.42. The molecule has 0 aromatic heterocycles. The Bertz CT molecular complexity index is 426. The molecule has 0 aliphatic rings. The number of halogens is 1. The normalized spacial score (nSPS) is 9.56. The highest BCUT2D eigenvalue weighted by Gasteiger charge is 2.05. The van der Waals surface area contributed by atoms with Crippen LogP contribution in [0.2, 0.25) is 0 Å². The summed E-state index contributed by atoms with van der Waals surface area (Å²) in [7, 11) is 1.75. The molecule has 0 unspecified atom stereocenters. The maximum Gasteiger partial charge on any atom is 0.225 e. The topological polar surface area (TPSA) is 64.9 Å². The van der Waals surface area contributed by atoms with Crippen LogP contribution < -0.4 is 10.6 Å². The van der Waals surface area contributed by atoms with Gasteiger partial charge in [-0.25, -0.2) is 4.39 Å². The lowest BCUT2D eigenvalue weighted by Crippen LogP contribution is -2.18. The minimum absolute atomic E-state index is 0.0774. The number of nitrogens with zero attached hydrogens (tertiary/aromatic N) is 1. The number of anilines is 1. The highest BCUT2D eigenvalue weighted by molar-refractivity contribution is 5.90. The molecule has 0 fully saturated rings. The van der Waals surface area contributed by atoms with Crippen LogP contribution in [0.5, 0.6) is 0 Å². The van der Waals surface area contributed by atoms with Crippen molar-refractivity contribution in [3.05, 3.63) is 29.6 Å². The average molecular weight is 221 g/mol. The first kappa shape index (κ1) is 12.1. The number of nitrogens with one attached hydrogen (secondary N) is 2. The Morgan fingerprint density at radius 3 is 2.94 bits per heavy atom. The quantitative estimate of drug-likeness (QED) is 0.804. The molecule has 0 saturated heterocycles. The lowest BCUT2D eigenvalue weighted by Gasteiger charge is -2.05. The van der Waals surface area contributed by atoms with Gasteiger partial charge in [0.15, 0.2) is 0 Å². The van der Waals surface area contributed by atoms with Crippen molar-refractivity contribution in [2.24, 2.45) is 0 Å². The van der Waals surface area contributed by atoms with Crippen LogP contribution in [0, 0.1) is 17.1 Å². The molecule has 0 aliphatic heterocycles. The molecule has 0 radical (unpaired) electrons. The number of hydrogen-bond acceptors (Lipinski definition) is 3. The van der Waals surface area contributed by atoms with Gasteiger partial charge in [0, 0.05) is 18.7 Å². The molecule has 16 heavy (non-hydrogen) atoms. The van der Waals surface area contributed by atoms with Crippen LogP contribution in [0.15, 0.2) is 18.2 Å². The van der Waals surface area contributed by atoms with Gasteiger partial charge in [-0.05, 0) is 25.2 Å². The highest BCUT2D eigenvalue weighted by atomic mass is 19.1. The SMILES string of the molecule is CNCCC(=O)Nc1ccc(F)c(C#N)c1. The van der Waals surface area contributed by atoms with Gasteiger partial charge < -0.3 is 10.6 Å². The lowest BCUT2D eigenvalue weighted by atomic mass is 10.2. The Morgan fingerprint density at radius 2 is 2.31 bits per heavy atom. The summed E-state index contributed by atoms with van der Waals surface area (Å²) >= 11 is 0. The zero-order valence-corrected chi connectivity index (χ0v) is 8.88. The predicted octanol–water partition coefficient (Wildman–Crippen LogP) is 1.25. The van der Waals surface area contributed by atoms with E-state index in [1.807, 2.05) is 0 Å². The molecule has 84 valence electrons. The number of carbonyl (C=O) groups excluding carboxylic acids is 1. The standard InChI is InChI=1S/C11H12FN3O/c1-14-5-4-11(16)15-9-2-3-10(12)8(6-9)7-13/h2-3,6,14H,4-5H2,1H3,(H,15,16). The Hall–Kier alpha value is -1.93. The minimum atomic E-state index is -0.587. The second kappa shape index (κ2) is 5.83. The molecule has 1 amide bonds. The highest BCUT2D eigenvalue weighted by Crippen LogP contribution is 2.13. The summed E-state index contributed by atoms with van der Waals surface area (Å²) in [5, 5.41) is 14.0. The average Bonchev–Trinajstić information content (AvgIpc) is 2.29. The number of hydrogen-bond donors (Lipinski definition) is 2. The molecule has 1 rings (SSSR count). The van der Waals surface area contributed by atoms with E-state index >= 15 is 0 Å². The third kappa shape index (κ3) is 3.33. The first-order valence-corrected chi connectivity index (χ1v) is 4.81. The van der Waals surface area contributed by atoms with Gasteiger partial charge in [-0.1, -0.05) is 0 Å². The van der Waals surface area contributed by atoms with E-state index in [0.29, 0.717) is 18.7 Å². The van der Waals surface area contributed by atoms with Crippen LogP contribution in [0.3, 0.4) is 0 Å². The summed E-state index contributed by atoms with van der Waals surface area (Å²) in [6, 6.07) is 5.61. The summed E-state index contributed by atoms with van der Waals surface area (Å²) in [4.78, 5) is 11.3. The second-order valence-electron chi connectivity index (χ2n) is 3.21. The van der Waals surface area contributed by atoms with Gasteiger partial charge >= 0.3 is 0 Å². The van der Waals surface area contributed by atoms with Gasteiger partial charge in [0.2, 0.25) is 5.91 Å². The molecular weight excluding hydrogens is 209 g/mol. The molecular formula is C11H12FN3O. The molecule has 1 aromatic rings. The minimum Gasteiger partial charge on any atom is -0.326 e. The van der Waals surface area contributed by atoms with Crippen LogP contribution in [0.25, 0.3) is 0 Å². The van der Waals surface area contributed by atoms with Crippen LogP contribution >= 0.6 is 0 Å². The fraction of sp³-hybridized carbons (Fsp3) is 0.273. The van der Waals surface area contributed by atoms with Crippen LogP contribution in [-0.4, -0.2) is 19.5 Å². The summed E-state index contributed by atoms with van der Waals surface area (Å²) in [6.45, 7) is 0.568. The largest absolute Gasteiger partial charge is 0.326 e. The maximum absolute atomic E-state index is 13.0. The summed E-state index contributed by atoms with van der Waals surface area (Å²) in [5.74, 6) is -0.763. The van der Waals surface area contributed by atoms with Crippen LogP contribution in [0.1, 0.15) is 12.0 Å². The van der Waals surface area contributed by atoms with Crippen molar-refractivity contribution in [2.45, 2.75) is 6.42 Å². The molecule has 0 bridgehead atoms. The van der Waals surface area contributed by atoms with Gasteiger partial charge in [-0.3, -0.25) is 4.79 Å². The summed E-state index contributed by atoms with van der Waals surface area (Å²) in [6.07, 6.45) is 0.329. The fourth-order valence-electron chi connectivity index (χ4n) is 1.15. The van der Waals surface area contributed by atoms with Gasteiger partial charge in [0.05, 0.1) is 5.56 Å². The predicted molar refractivity (Wildman–Crippen MR) is 58.3 cm³/mol. The molecule has 1 aromatic carbocycles. The van der Waals surface area contributed by atoms with Gasteiger partial charge in [-0.2, -0.15) is 5.26 Å². The zero-order chi connectivity index (χ0) is 12.0. The van der Waals surface area contributed by atoms with E-state index in [9.17, 15) is 9.18 Å². The molecule has 2 N–H and O–H groups in total. The van der Waals surface area contributed by atoms with E-state index in [2.05, 4.69) is 10.6 Å². The van der Waals surface area contributed by atoms with Crippen LogP contribution in [-0.2, 0) is 4.79 Å². The van der Waals surface area contributed by atoms with Crippen molar-refractivity contribution in [3.8, 4) is 6.07 Å². The van der Waals surface area contributed by atoms with E-state index in [1.54, 1.807) is 13.1 Å². The number of rotatable bonds is 4. The first-order chi connectivity index (χ1) is 7.67. The van der Waals surface area contributed by atoms with E-state index in [-0.39, 0.29) is 11.5 Å². The number of benzene rings is 1. The van der Waals surface area contributed by atoms with E-state index < -0.39 is 5.82 Å². The Labute approximate surface area is 93.1 Å². The van der Waals surface area contributed by atoms with E-state index in [0.717, 1.165) is 6.07 Å². The fourth-order valence-corrected chi connectivity index (χ4v) is 1.15. The lowest BCUT2D eigenvalue weighted by molar-refractivity contribution is -0.116. The molecule has 0 saturated carbocycles. The van der Waals surface area contributed by atoms with Crippen LogP contribution in [0.4, 0.5) is 10.1 Å². The molecule has 0 heterocycles. The number of nitriles is 1. The maximum atomic E-state index is 13.0. The van der Waals surface area contributed by atoms with Crippen molar-refractivity contribution >= 4 is 11.6 Å². The molecule has 0 spiro atoms. The zero-order valence-electron chi connectivity index (χ0n) is 8.88. The molecule has 0 atom stereocenters. The van der Waals surface area contributed by atoms with E-state index in [4.69, 9.17) is 5.26 Å². The number of carbonyl (C=O) groups is 1. The van der Waals surface area contributed by atoms with Gasteiger partial charge in [-0.15, -0.1) is 0 Å². The number of amides is 1. The molecule has 5 heteroatoms. The monoisotopic (exact) mass is 221 g/mol. The van der Waals surface area contributed by atoms with Crippen molar-refractivity contribution in [2.75, 3.05) is 18.9 Å². The van der Waals surface area contributed by atoms with Gasteiger partial charge in [0.25, 0.3) is 0 Å². The van der Waals surface area contributed by atoms with E-state index in [1.165, 1.54) is 12.1 Å². The van der Waals surface area contributed by atoms with Gasteiger partial charge in [0.1, 0.15) is 11.9 Å².